The molecule has 0 heterocycles. The predicted molar refractivity (Wildman–Crippen MR) is 50.9 cm³/mol. The fourth-order valence-corrected chi connectivity index (χ4v) is 1.71. The summed E-state index contributed by atoms with van der Waals surface area (Å²) in [6.07, 6.45) is 3.85. The summed E-state index contributed by atoms with van der Waals surface area (Å²) >= 11 is 0. The van der Waals surface area contributed by atoms with E-state index in [-0.39, 0.29) is 5.57 Å². The van der Waals surface area contributed by atoms with Gasteiger partial charge in [-0.05, 0) is 24.3 Å². The van der Waals surface area contributed by atoms with Crippen LogP contribution in [0.2, 0.25) is 0 Å². The molecule has 1 unspecified atom stereocenters. The Hall–Kier alpha value is -0.660. The molecule has 0 spiro atoms. The second kappa shape index (κ2) is 4.54. The summed E-state index contributed by atoms with van der Waals surface area (Å²) in [7, 11) is 0. The zero-order valence-electron chi connectivity index (χ0n) is 8.19. The summed E-state index contributed by atoms with van der Waals surface area (Å²) in [6.45, 7) is 4.14. The van der Waals surface area contributed by atoms with Crippen LogP contribution in [0.15, 0.2) is 23.3 Å². The van der Waals surface area contributed by atoms with E-state index in [4.69, 9.17) is 0 Å². The molecule has 2 heteroatoms. The third-order valence-electron chi connectivity index (χ3n) is 2.51. The Morgan fingerprint density at radius 2 is 2.15 bits per heavy atom. The van der Waals surface area contributed by atoms with Crippen molar-refractivity contribution in [3.63, 3.8) is 0 Å². The van der Waals surface area contributed by atoms with Gasteiger partial charge in [-0.3, -0.25) is 0 Å². The van der Waals surface area contributed by atoms with Crippen LogP contribution in [0.3, 0.4) is 0 Å². The number of hydrogen-bond donors (Lipinski definition) is 0. The molecule has 1 aliphatic rings. The first-order valence-corrected chi connectivity index (χ1v) is 4.82. The van der Waals surface area contributed by atoms with E-state index in [1.165, 1.54) is 5.57 Å². The summed E-state index contributed by atoms with van der Waals surface area (Å²) < 4.78 is 24.6. The summed E-state index contributed by atoms with van der Waals surface area (Å²) in [5, 5.41) is 0. The maximum Gasteiger partial charge on any atom is 0.260 e. The lowest BCUT2D eigenvalue weighted by molar-refractivity contribution is 0.181. The molecule has 74 valence electrons. The first kappa shape index (κ1) is 10.4. The van der Waals surface area contributed by atoms with Crippen molar-refractivity contribution in [2.75, 3.05) is 0 Å². The summed E-state index contributed by atoms with van der Waals surface area (Å²) in [5.74, 6) is 0.300. The second-order valence-corrected chi connectivity index (χ2v) is 3.64. The highest BCUT2D eigenvalue weighted by atomic mass is 19.3. The lowest BCUT2D eigenvalue weighted by Crippen LogP contribution is -2.09. The first-order chi connectivity index (χ1) is 6.15. The van der Waals surface area contributed by atoms with E-state index in [9.17, 15) is 8.78 Å². The van der Waals surface area contributed by atoms with Gasteiger partial charge in [0.05, 0.1) is 0 Å². The van der Waals surface area contributed by atoms with Crippen LogP contribution in [0.25, 0.3) is 0 Å². The first-order valence-electron chi connectivity index (χ1n) is 4.82. The van der Waals surface area contributed by atoms with Gasteiger partial charge in [-0.25, -0.2) is 8.78 Å². The third-order valence-corrected chi connectivity index (χ3v) is 2.51. The Morgan fingerprint density at radius 3 is 2.62 bits per heavy atom. The van der Waals surface area contributed by atoms with Gasteiger partial charge in [0, 0.05) is 0 Å². The SMILES string of the molecule is CCCC1=CC=C(C(F)F)CC1C. The van der Waals surface area contributed by atoms with Crippen LogP contribution >= 0.6 is 0 Å². The van der Waals surface area contributed by atoms with Gasteiger partial charge in [-0.2, -0.15) is 0 Å². The normalized spacial score (nSPS) is 23.0. The quantitative estimate of drug-likeness (QED) is 0.626. The number of rotatable bonds is 3. The van der Waals surface area contributed by atoms with Crippen LogP contribution in [0.1, 0.15) is 33.1 Å². The molecule has 0 aromatic heterocycles. The monoisotopic (exact) mass is 186 g/mol. The molecule has 0 aromatic rings. The summed E-state index contributed by atoms with van der Waals surface area (Å²) in [4.78, 5) is 0. The molecule has 0 bridgehead atoms. The van der Waals surface area contributed by atoms with E-state index in [1.807, 2.05) is 13.0 Å². The highest BCUT2D eigenvalue weighted by molar-refractivity contribution is 5.27. The van der Waals surface area contributed by atoms with Gasteiger partial charge >= 0.3 is 0 Å². The van der Waals surface area contributed by atoms with E-state index in [1.54, 1.807) is 6.08 Å². The standard InChI is InChI=1S/C11H16F2/c1-3-4-9-5-6-10(11(12)13)7-8(9)2/h5-6,8,11H,3-4,7H2,1-2H3. The smallest absolute Gasteiger partial charge is 0.205 e. The van der Waals surface area contributed by atoms with Gasteiger partial charge in [0.25, 0.3) is 6.43 Å². The van der Waals surface area contributed by atoms with E-state index in [0.29, 0.717) is 12.3 Å². The van der Waals surface area contributed by atoms with Crippen LogP contribution in [-0.2, 0) is 0 Å². The van der Waals surface area contributed by atoms with Crippen molar-refractivity contribution in [3.8, 4) is 0 Å². The van der Waals surface area contributed by atoms with Crippen molar-refractivity contribution in [1.82, 2.24) is 0 Å². The van der Waals surface area contributed by atoms with Gasteiger partial charge in [0.2, 0.25) is 0 Å². The van der Waals surface area contributed by atoms with Gasteiger partial charge in [-0.1, -0.05) is 38.0 Å². The van der Waals surface area contributed by atoms with Crippen LogP contribution in [0, 0.1) is 5.92 Å². The Balaban J connectivity index is 2.68. The van der Waals surface area contributed by atoms with Gasteiger partial charge in [0.1, 0.15) is 0 Å². The van der Waals surface area contributed by atoms with Crippen molar-refractivity contribution in [3.05, 3.63) is 23.3 Å². The third kappa shape index (κ3) is 2.64. The Kier molecular flexibility index (Phi) is 3.64. The van der Waals surface area contributed by atoms with E-state index >= 15 is 0 Å². The Labute approximate surface area is 78.3 Å². The number of halogens is 2. The van der Waals surface area contributed by atoms with Crippen molar-refractivity contribution < 1.29 is 8.78 Å². The Morgan fingerprint density at radius 1 is 1.46 bits per heavy atom. The molecule has 0 aromatic carbocycles. The molecule has 0 nitrogen and oxygen atoms in total. The summed E-state index contributed by atoms with van der Waals surface area (Å²) in [6, 6.07) is 0. The van der Waals surface area contributed by atoms with Crippen LogP contribution < -0.4 is 0 Å². The topological polar surface area (TPSA) is 0 Å². The minimum absolute atomic E-state index is 0.285. The molecule has 1 atom stereocenters. The molecular weight excluding hydrogens is 170 g/mol. The van der Waals surface area contributed by atoms with Crippen molar-refractivity contribution >= 4 is 0 Å². The number of hydrogen-bond acceptors (Lipinski definition) is 0. The minimum Gasteiger partial charge on any atom is -0.205 e. The molecular formula is C11H16F2. The zero-order valence-corrected chi connectivity index (χ0v) is 8.19. The fraction of sp³-hybridized carbons (Fsp3) is 0.636. The molecule has 0 amide bonds. The number of alkyl halides is 2. The highest BCUT2D eigenvalue weighted by Gasteiger charge is 2.19. The largest absolute Gasteiger partial charge is 0.260 e. The lowest BCUT2D eigenvalue weighted by Gasteiger charge is -2.20. The molecule has 13 heavy (non-hydrogen) atoms. The second-order valence-electron chi connectivity index (χ2n) is 3.64. The maximum atomic E-state index is 12.3. The highest BCUT2D eigenvalue weighted by Crippen LogP contribution is 2.30. The molecule has 0 saturated carbocycles. The van der Waals surface area contributed by atoms with Crippen LogP contribution in [0.4, 0.5) is 8.78 Å². The summed E-state index contributed by atoms with van der Waals surface area (Å²) in [5.41, 5.74) is 1.60. The van der Waals surface area contributed by atoms with E-state index in [2.05, 4.69) is 6.92 Å². The Bertz CT molecular complexity index is 226. The average Bonchev–Trinajstić information content (AvgIpc) is 2.08. The molecule has 0 fully saturated rings. The van der Waals surface area contributed by atoms with Crippen molar-refractivity contribution in [1.29, 1.82) is 0 Å². The zero-order chi connectivity index (χ0) is 9.84. The lowest BCUT2D eigenvalue weighted by atomic mass is 9.86. The van der Waals surface area contributed by atoms with E-state index in [0.717, 1.165) is 12.8 Å². The van der Waals surface area contributed by atoms with Crippen LogP contribution in [-0.4, -0.2) is 6.43 Å². The van der Waals surface area contributed by atoms with Gasteiger partial charge in [0.15, 0.2) is 0 Å². The fourth-order valence-electron chi connectivity index (χ4n) is 1.71. The van der Waals surface area contributed by atoms with Crippen molar-refractivity contribution in [2.45, 2.75) is 39.5 Å². The van der Waals surface area contributed by atoms with Gasteiger partial charge in [-0.15, -0.1) is 0 Å². The number of allylic oxidation sites excluding steroid dienone is 4. The van der Waals surface area contributed by atoms with Crippen LogP contribution in [0.5, 0.6) is 0 Å². The maximum absolute atomic E-state index is 12.3. The van der Waals surface area contributed by atoms with E-state index < -0.39 is 6.43 Å². The predicted octanol–water partition coefficient (Wildman–Crippen LogP) is 3.94. The van der Waals surface area contributed by atoms with Gasteiger partial charge < -0.3 is 0 Å². The minimum atomic E-state index is -2.28. The molecule has 0 aliphatic heterocycles. The molecule has 0 N–H and O–H groups in total. The molecule has 0 radical (unpaired) electrons. The molecule has 1 rings (SSSR count). The molecule has 0 saturated heterocycles. The average molecular weight is 186 g/mol. The van der Waals surface area contributed by atoms with Crippen molar-refractivity contribution in [2.24, 2.45) is 5.92 Å². The molecule has 1 aliphatic carbocycles.